The van der Waals surface area contributed by atoms with Gasteiger partial charge in [0, 0.05) is 24.2 Å². The van der Waals surface area contributed by atoms with Gasteiger partial charge in [-0.15, -0.1) is 20.4 Å². The molecule has 0 radical (unpaired) electrons. The maximum Gasteiger partial charge on any atom is 0.201 e. The van der Waals surface area contributed by atoms with Gasteiger partial charge in [0.1, 0.15) is 5.82 Å². The standard InChI is InChI=1S/C17H22N8/c1-3-12(4-2)19-15-10-13(20-14-6-5-9-18-21-14)17-23-22-16(11-7-8-11)25(17)24-15/h5-6,9-12H,3-4,7-8H2,1-2H3,(H,19,24)(H,20,21). The Balaban J connectivity index is 1.76. The molecule has 1 aliphatic rings. The SMILES string of the molecule is CCC(CC)Nc1cc(Nc2cccnn2)c2nnc(C3CC3)n2n1. The first-order chi connectivity index (χ1) is 12.3. The molecule has 0 spiro atoms. The summed E-state index contributed by atoms with van der Waals surface area (Å²) in [6.07, 6.45) is 6.04. The summed E-state index contributed by atoms with van der Waals surface area (Å²) >= 11 is 0. The zero-order chi connectivity index (χ0) is 17.2. The van der Waals surface area contributed by atoms with E-state index in [9.17, 15) is 0 Å². The second kappa shape index (κ2) is 6.62. The quantitative estimate of drug-likeness (QED) is 0.683. The molecule has 0 aliphatic heterocycles. The highest BCUT2D eigenvalue weighted by Crippen LogP contribution is 2.39. The van der Waals surface area contributed by atoms with Crippen molar-refractivity contribution in [3.05, 3.63) is 30.2 Å². The Morgan fingerprint density at radius 3 is 2.68 bits per heavy atom. The predicted octanol–water partition coefficient (Wildman–Crippen LogP) is 3.14. The van der Waals surface area contributed by atoms with Gasteiger partial charge in [-0.2, -0.15) is 9.61 Å². The Labute approximate surface area is 146 Å². The first kappa shape index (κ1) is 15.7. The third kappa shape index (κ3) is 3.24. The fourth-order valence-electron chi connectivity index (χ4n) is 2.86. The van der Waals surface area contributed by atoms with Crippen molar-refractivity contribution in [2.24, 2.45) is 0 Å². The highest BCUT2D eigenvalue weighted by atomic mass is 15.4. The van der Waals surface area contributed by atoms with Gasteiger partial charge in [-0.3, -0.25) is 0 Å². The van der Waals surface area contributed by atoms with Crippen molar-refractivity contribution in [1.29, 1.82) is 0 Å². The molecule has 0 atom stereocenters. The van der Waals surface area contributed by atoms with Crippen LogP contribution in [0, 0.1) is 0 Å². The topological polar surface area (TPSA) is 92.9 Å². The van der Waals surface area contributed by atoms with Gasteiger partial charge in [0.25, 0.3) is 0 Å². The summed E-state index contributed by atoms with van der Waals surface area (Å²) in [5, 5.41) is 28.3. The van der Waals surface area contributed by atoms with Gasteiger partial charge >= 0.3 is 0 Å². The van der Waals surface area contributed by atoms with E-state index in [0.717, 1.165) is 43.0 Å². The molecular formula is C17H22N8. The number of aromatic nitrogens is 6. The largest absolute Gasteiger partial charge is 0.366 e. The average molecular weight is 338 g/mol. The summed E-state index contributed by atoms with van der Waals surface area (Å²) in [4.78, 5) is 0. The van der Waals surface area contributed by atoms with Crippen LogP contribution in [0.2, 0.25) is 0 Å². The molecule has 1 aliphatic carbocycles. The lowest BCUT2D eigenvalue weighted by Gasteiger charge is -2.16. The number of fused-ring (bicyclic) bond motifs is 1. The van der Waals surface area contributed by atoms with Crippen LogP contribution in [0.15, 0.2) is 24.4 Å². The van der Waals surface area contributed by atoms with E-state index < -0.39 is 0 Å². The summed E-state index contributed by atoms with van der Waals surface area (Å²) < 4.78 is 1.86. The minimum atomic E-state index is 0.384. The smallest absolute Gasteiger partial charge is 0.201 e. The van der Waals surface area contributed by atoms with E-state index in [1.54, 1.807) is 6.20 Å². The summed E-state index contributed by atoms with van der Waals surface area (Å²) in [6.45, 7) is 4.35. The van der Waals surface area contributed by atoms with Crippen molar-refractivity contribution >= 4 is 23.0 Å². The fraction of sp³-hybridized carbons (Fsp3) is 0.471. The van der Waals surface area contributed by atoms with Crippen molar-refractivity contribution in [2.75, 3.05) is 10.6 Å². The van der Waals surface area contributed by atoms with E-state index in [1.807, 2.05) is 22.7 Å². The molecule has 3 aromatic rings. The Morgan fingerprint density at radius 1 is 1.16 bits per heavy atom. The highest BCUT2D eigenvalue weighted by Gasteiger charge is 2.30. The third-order valence-corrected chi connectivity index (χ3v) is 4.51. The number of anilines is 3. The van der Waals surface area contributed by atoms with E-state index in [0.29, 0.717) is 23.4 Å². The summed E-state index contributed by atoms with van der Waals surface area (Å²) in [6, 6.07) is 6.07. The molecule has 8 heteroatoms. The lowest BCUT2D eigenvalue weighted by molar-refractivity contribution is 0.664. The van der Waals surface area contributed by atoms with E-state index in [1.165, 1.54) is 0 Å². The molecule has 1 fully saturated rings. The first-order valence-corrected chi connectivity index (χ1v) is 8.86. The average Bonchev–Trinajstić information content (AvgIpc) is 3.40. The van der Waals surface area contributed by atoms with Gasteiger partial charge in [-0.1, -0.05) is 13.8 Å². The molecule has 0 unspecified atom stereocenters. The third-order valence-electron chi connectivity index (χ3n) is 4.51. The van der Waals surface area contributed by atoms with Crippen molar-refractivity contribution < 1.29 is 0 Å². The van der Waals surface area contributed by atoms with E-state index in [-0.39, 0.29) is 0 Å². The van der Waals surface area contributed by atoms with Crippen LogP contribution in [-0.4, -0.2) is 36.1 Å². The number of nitrogens with zero attached hydrogens (tertiary/aromatic N) is 6. The monoisotopic (exact) mass is 338 g/mol. The Morgan fingerprint density at radius 2 is 2.00 bits per heavy atom. The number of rotatable bonds is 7. The molecule has 4 rings (SSSR count). The van der Waals surface area contributed by atoms with Gasteiger partial charge in [-0.25, -0.2) is 0 Å². The van der Waals surface area contributed by atoms with Gasteiger partial charge in [0.2, 0.25) is 5.65 Å². The fourth-order valence-corrected chi connectivity index (χ4v) is 2.86. The van der Waals surface area contributed by atoms with E-state index in [2.05, 4.69) is 44.9 Å². The van der Waals surface area contributed by atoms with Crippen molar-refractivity contribution in [3.63, 3.8) is 0 Å². The van der Waals surface area contributed by atoms with Crippen LogP contribution in [0.25, 0.3) is 5.65 Å². The van der Waals surface area contributed by atoms with E-state index in [4.69, 9.17) is 5.10 Å². The van der Waals surface area contributed by atoms with Crippen LogP contribution in [0.5, 0.6) is 0 Å². The van der Waals surface area contributed by atoms with E-state index >= 15 is 0 Å². The molecule has 0 bridgehead atoms. The number of hydrogen-bond donors (Lipinski definition) is 2. The molecule has 8 nitrogen and oxygen atoms in total. The van der Waals surface area contributed by atoms with Crippen LogP contribution in [0.4, 0.5) is 17.3 Å². The van der Waals surface area contributed by atoms with Gasteiger partial charge < -0.3 is 10.6 Å². The highest BCUT2D eigenvalue weighted by molar-refractivity contribution is 5.74. The summed E-state index contributed by atoms with van der Waals surface area (Å²) in [5.41, 5.74) is 1.53. The Hall–Kier alpha value is -2.77. The molecule has 1 saturated carbocycles. The molecule has 130 valence electrons. The molecule has 25 heavy (non-hydrogen) atoms. The van der Waals surface area contributed by atoms with Crippen LogP contribution in [0.3, 0.4) is 0 Å². The lowest BCUT2D eigenvalue weighted by atomic mass is 10.2. The Kier molecular flexibility index (Phi) is 4.17. The zero-order valence-electron chi connectivity index (χ0n) is 14.5. The Bertz CT molecular complexity index is 852. The van der Waals surface area contributed by atoms with Crippen LogP contribution in [0.1, 0.15) is 51.3 Å². The number of hydrogen-bond acceptors (Lipinski definition) is 7. The molecule has 0 saturated heterocycles. The van der Waals surface area contributed by atoms with Crippen LogP contribution >= 0.6 is 0 Å². The maximum atomic E-state index is 4.74. The van der Waals surface area contributed by atoms with Crippen molar-refractivity contribution in [2.45, 2.75) is 51.5 Å². The molecule has 0 amide bonds. The normalized spacial score (nSPS) is 14.2. The minimum Gasteiger partial charge on any atom is -0.366 e. The molecule has 3 heterocycles. The maximum absolute atomic E-state index is 4.74. The van der Waals surface area contributed by atoms with Crippen molar-refractivity contribution in [1.82, 2.24) is 30.0 Å². The molecule has 2 N–H and O–H groups in total. The van der Waals surface area contributed by atoms with Gasteiger partial charge in [-0.05, 0) is 37.8 Å². The summed E-state index contributed by atoms with van der Waals surface area (Å²) in [7, 11) is 0. The zero-order valence-corrected chi connectivity index (χ0v) is 14.5. The summed E-state index contributed by atoms with van der Waals surface area (Å²) in [5.74, 6) is 2.88. The second-order valence-electron chi connectivity index (χ2n) is 6.40. The molecular weight excluding hydrogens is 316 g/mol. The number of nitrogens with one attached hydrogen (secondary N) is 2. The second-order valence-corrected chi connectivity index (χ2v) is 6.40. The van der Waals surface area contributed by atoms with Crippen molar-refractivity contribution in [3.8, 4) is 0 Å². The van der Waals surface area contributed by atoms with Crippen LogP contribution in [-0.2, 0) is 0 Å². The van der Waals surface area contributed by atoms with Gasteiger partial charge in [0.15, 0.2) is 11.6 Å². The van der Waals surface area contributed by atoms with Crippen LogP contribution < -0.4 is 10.6 Å². The molecule has 3 aromatic heterocycles. The predicted molar refractivity (Wildman–Crippen MR) is 96.1 cm³/mol. The minimum absolute atomic E-state index is 0.384. The lowest BCUT2D eigenvalue weighted by Crippen LogP contribution is -2.19. The first-order valence-electron chi connectivity index (χ1n) is 8.86. The van der Waals surface area contributed by atoms with Gasteiger partial charge in [0.05, 0.1) is 5.69 Å². The molecule has 0 aromatic carbocycles.